The quantitative estimate of drug-likeness (QED) is 0.754. The number of rotatable bonds is 3. The summed E-state index contributed by atoms with van der Waals surface area (Å²) >= 11 is 0. The summed E-state index contributed by atoms with van der Waals surface area (Å²) in [5.41, 5.74) is 6.45. The molecule has 25 heavy (non-hydrogen) atoms. The Morgan fingerprint density at radius 1 is 1.20 bits per heavy atom. The highest BCUT2D eigenvalue weighted by Crippen LogP contribution is 2.29. The van der Waals surface area contributed by atoms with Crippen molar-refractivity contribution in [2.45, 2.75) is 38.1 Å². The molecule has 0 radical (unpaired) electrons. The van der Waals surface area contributed by atoms with E-state index in [0.717, 1.165) is 25.7 Å². The van der Waals surface area contributed by atoms with E-state index in [0.29, 0.717) is 16.9 Å². The van der Waals surface area contributed by atoms with Gasteiger partial charge in [-0.2, -0.15) is 0 Å². The lowest BCUT2D eigenvalue weighted by Crippen LogP contribution is -2.24. The molecule has 0 saturated heterocycles. The molecule has 3 N–H and O–H groups in total. The van der Waals surface area contributed by atoms with Gasteiger partial charge < -0.3 is 10.7 Å². The van der Waals surface area contributed by atoms with E-state index in [-0.39, 0.29) is 23.2 Å². The molecule has 3 heterocycles. The van der Waals surface area contributed by atoms with Gasteiger partial charge in [-0.05, 0) is 25.0 Å². The highest BCUT2D eigenvalue weighted by Gasteiger charge is 2.24. The largest absolute Gasteiger partial charge is 0.364 e. The molecule has 1 aliphatic carbocycles. The molecule has 0 spiro atoms. The van der Waals surface area contributed by atoms with E-state index in [1.54, 1.807) is 22.9 Å². The molecule has 0 aromatic carbocycles. The number of aromatic nitrogens is 5. The van der Waals surface area contributed by atoms with E-state index in [4.69, 9.17) is 5.73 Å². The number of primary amides is 1. The van der Waals surface area contributed by atoms with Crippen LogP contribution in [0.3, 0.4) is 0 Å². The fraction of sp³-hybridized carbons (Fsp3) is 0.353. The van der Waals surface area contributed by atoms with Crippen molar-refractivity contribution < 1.29 is 4.79 Å². The fourth-order valence-corrected chi connectivity index (χ4v) is 3.47. The number of hydrogen-bond acceptors (Lipinski definition) is 5. The number of nitrogens with one attached hydrogen (secondary N) is 1. The average Bonchev–Trinajstić information content (AvgIpc) is 2.98. The Labute approximate surface area is 143 Å². The van der Waals surface area contributed by atoms with Gasteiger partial charge in [0.2, 0.25) is 0 Å². The third kappa shape index (κ3) is 2.69. The Balaban J connectivity index is 1.98. The van der Waals surface area contributed by atoms with Crippen LogP contribution in [-0.2, 0) is 0 Å². The number of imidazole rings is 1. The minimum absolute atomic E-state index is 0.0114. The van der Waals surface area contributed by atoms with Gasteiger partial charge in [0.1, 0.15) is 11.2 Å². The van der Waals surface area contributed by atoms with Crippen molar-refractivity contribution in [3.63, 3.8) is 0 Å². The lowest BCUT2D eigenvalue weighted by Gasteiger charge is -2.22. The first kappa shape index (κ1) is 15.5. The van der Waals surface area contributed by atoms with E-state index < -0.39 is 5.91 Å². The van der Waals surface area contributed by atoms with Gasteiger partial charge in [-0.15, -0.1) is 0 Å². The minimum atomic E-state index is -0.707. The standard InChI is InChI=1S/C17H18N6O2/c18-14(24)12-13-16(22-15(20-12)11-8-4-5-9-19-11)23(17(25)21-13)10-6-2-1-3-7-10/h4-5,8-10H,1-3,6-7H2,(H2,18,24)(H,21,25). The summed E-state index contributed by atoms with van der Waals surface area (Å²) < 4.78 is 1.65. The van der Waals surface area contributed by atoms with Gasteiger partial charge in [0.25, 0.3) is 5.91 Å². The van der Waals surface area contributed by atoms with Gasteiger partial charge in [-0.3, -0.25) is 14.3 Å². The van der Waals surface area contributed by atoms with Gasteiger partial charge in [0.05, 0.1) is 0 Å². The van der Waals surface area contributed by atoms with Crippen molar-refractivity contribution in [2.75, 3.05) is 0 Å². The van der Waals surface area contributed by atoms with Crippen LogP contribution in [0.15, 0.2) is 29.2 Å². The zero-order chi connectivity index (χ0) is 17.4. The predicted molar refractivity (Wildman–Crippen MR) is 92.0 cm³/mol. The van der Waals surface area contributed by atoms with Crippen LogP contribution in [0.5, 0.6) is 0 Å². The molecular weight excluding hydrogens is 320 g/mol. The summed E-state index contributed by atoms with van der Waals surface area (Å²) in [7, 11) is 0. The number of hydrogen-bond donors (Lipinski definition) is 2. The maximum atomic E-state index is 12.5. The van der Waals surface area contributed by atoms with Gasteiger partial charge in [0, 0.05) is 12.2 Å². The molecule has 1 saturated carbocycles. The van der Waals surface area contributed by atoms with Crippen LogP contribution >= 0.6 is 0 Å². The summed E-state index contributed by atoms with van der Waals surface area (Å²) in [5, 5.41) is 0. The Hall–Kier alpha value is -3.03. The number of carbonyl (C=O) groups is 1. The summed E-state index contributed by atoms with van der Waals surface area (Å²) in [5.74, 6) is -0.424. The zero-order valence-electron chi connectivity index (χ0n) is 13.6. The van der Waals surface area contributed by atoms with Crippen LogP contribution in [-0.4, -0.2) is 30.4 Å². The second kappa shape index (κ2) is 6.12. The van der Waals surface area contributed by atoms with Crippen LogP contribution in [0.4, 0.5) is 0 Å². The van der Waals surface area contributed by atoms with Crippen molar-refractivity contribution in [1.82, 2.24) is 24.5 Å². The van der Waals surface area contributed by atoms with Crippen molar-refractivity contribution in [3.05, 3.63) is 40.6 Å². The van der Waals surface area contributed by atoms with Crippen molar-refractivity contribution >= 4 is 17.1 Å². The van der Waals surface area contributed by atoms with Gasteiger partial charge in [0.15, 0.2) is 17.2 Å². The zero-order valence-corrected chi connectivity index (χ0v) is 13.6. The molecule has 128 valence electrons. The molecular formula is C17H18N6O2. The number of nitrogens with zero attached hydrogens (tertiary/aromatic N) is 4. The van der Waals surface area contributed by atoms with Gasteiger partial charge in [-0.25, -0.2) is 14.8 Å². The van der Waals surface area contributed by atoms with Crippen molar-refractivity contribution in [1.29, 1.82) is 0 Å². The molecule has 0 aliphatic heterocycles. The molecule has 0 bridgehead atoms. The first-order valence-electron chi connectivity index (χ1n) is 8.38. The summed E-state index contributed by atoms with van der Waals surface area (Å²) in [6.07, 6.45) is 6.78. The number of carbonyl (C=O) groups excluding carboxylic acids is 1. The number of aromatic amines is 1. The van der Waals surface area contributed by atoms with Crippen LogP contribution in [0.2, 0.25) is 0 Å². The number of fused-ring (bicyclic) bond motifs is 1. The van der Waals surface area contributed by atoms with Crippen molar-refractivity contribution in [3.8, 4) is 11.5 Å². The molecule has 3 aromatic rings. The first-order valence-corrected chi connectivity index (χ1v) is 8.38. The van der Waals surface area contributed by atoms with Gasteiger partial charge in [-0.1, -0.05) is 25.3 Å². The Bertz CT molecular complexity index is 986. The second-order valence-electron chi connectivity index (χ2n) is 6.27. The third-order valence-corrected chi connectivity index (χ3v) is 4.64. The summed E-state index contributed by atoms with van der Waals surface area (Å²) in [6.45, 7) is 0. The SMILES string of the molecule is NC(=O)c1nc(-c2ccccn2)nc2c1[nH]c(=O)n2C1CCCCC1. The van der Waals surface area contributed by atoms with E-state index in [1.807, 2.05) is 6.07 Å². The molecule has 1 aliphatic rings. The molecule has 8 nitrogen and oxygen atoms in total. The van der Waals surface area contributed by atoms with Crippen LogP contribution in [0.1, 0.15) is 48.6 Å². The maximum absolute atomic E-state index is 12.5. The predicted octanol–water partition coefficient (Wildman–Crippen LogP) is 1.79. The summed E-state index contributed by atoms with van der Waals surface area (Å²) in [6, 6.07) is 5.42. The Morgan fingerprint density at radius 2 is 2.00 bits per heavy atom. The lowest BCUT2D eigenvalue weighted by molar-refractivity contribution is 0.0997. The fourth-order valence-electron chi connectivity index (χ4n) is 3.47. The monoisotopic (exact) mass is 338 g/mol. The normalized spacial score (nSPS) is 15.5. The number of pyridine rings is 1. The summed E-state index contributed by atoms with van der Waals surface area (Å²) in [4.78, 5) is 40.1. The lowest BCUT2D eigenvalue weighted by atomic mass is 9.95. The highest BCUT2D eigenvalue weighted by molar-refractivity contribution is 6.01. The van der Waals surface area contributed by atoms with E-state index in [1.165, 1.54) is 6.42 Å². The number of amides is 1. The smallest absolute Gasteiger partial charge is 0.327 e. The molecule has 0 atom stereocenters. The van der Waals surface area contributed by atoms with Crippen LogP contribution in [0.25, 0.3) is 22.7 Å². The molecule has 8 heteroatoms. The van der Waals surface area contributed by atoms with Crippen LogP contribution < -0.4 is 11.4 Å². The molecule has 4 rings (SSSR count). The highest BCUT2D eigenvalue weighted by atomic mass is 16.2. The van der Waals surface area contributed by atoms with Crippen LogP contribution in [0, 0.1) is 0 Å². The molecule has 1 fully saturated rings. The van der Waals surface area contributed by atoms with E-state index in [2.05, 4.69) is 19.9 Å². The Morgan fingerprint density at radius 3 is 2.68 bits per heavy atom. The van der Waals surface area contributed by atoms with E-state index >= 15 is 0 Å². The molecule has 0 unspecified atom stereocenters. The van der Waals surface area contributed by atoms with Gasteiger partial charge >= 0.3 is 5.69 Å². The average molecular weight is 338 g/mol. The minimum Gasteiger partial charge on any atom is -0.364 e. The third-order valence-electron chi connectivity index (χ3n) is 4.64. The first-order chi connectivity index (χ1) is 12.1. The topological polar surface area (TPSA) is 120 Å². The van der Waals surface area contributed by atoms with Crippen molar-refractivity contribution in [2.24, 2.45) is 5.73 Å². The molecule has 3 aromatic heterocycles. The number of nitrogens with two attached hydrogens (primary N) is 1. The molecule has 1 amide bonds. The maximum Gasteiger partial charge on any atom is 0.327 e. The second-order valence-corrected chi connectivity index (χ2v) is 6.27. The Kier molecular flexibility index (Phi) is 3.79. The van der Waals surface area contributed by atoms with E-state index in [9.17, 15) is 9.59 Å². The number of H-pyrrole nitrogens is 1.